The molecule has 4 nitrogen and oxygen atoms in total. The van der Waals surface area contributed by atoms with Crippen molar-refractivity contribution in [3.63, 3.8) is 0 Å². The fraction of sp³-hybridized carbons (Fsp3) is 0.294. The van der Waals surface area contributed by atoms with Crippen molar-refractivity contribution in [2.45, 2.75) is 26.0 Å². The molecular formula is C34H37NO3. The van der Waals surface area contributed by atoms with Gasteiger partial charge in [0.2, 0.25) is 0 Å². The Balaban J connectivity index is 1.61. The lowest BCUT2D eigenvalue weighted by atomic mass is 9.82. The van der Waals surface area contributed by atoms with Gasteiger partial charge in [0.15, 0.2) is 5.60 Å². The first-order chi connectivity index (χ1) is 18.7. The molecule has 4 aromatic rings. The van der Waals surface area contributed by atoms with E-state index in [0.29, 0.717) is 13.2 Å². The number of fused-ring (bicyclic) bond motifs is 3. The van der Waals surface area contributed by atoms with E-state index >= 15 is 0 Å². The average molecular weight is 508 g/mol. The molecule has 38 heavy (non-hydrogen) atoms. The second kappa shape index (κ2) is 12.4. The summed E-state index contributed by atoms with van der Waals surface area (Å²) in [6.07, 6.45) is 4.48. The lowest BCUT2D eigenvalue weighted by Crippen LogP contribution is -2.35. The van der Waals surface area contributed by atoms with Crippen molar-refractivity contribution in [3.05, 3.63) is 119 Å². The van der Waals surface area contributed by atoms with E-state index in [9.17, 15) is 0 Å². The van der Waals surface area contributed by atoms with Crippen LogP contribution in [0.2, 0.25) is 0 Å². The molecule has 4 aromatic carbocycles. The molecule has 1 aliphatic rings. The maximum Gasteiger partial charge on any atom is 0.178 e. The highest BCUT2D eigenvalue weighted by Gasteiger charge is 2.38. The smallest absolute Gasteiger partial charge is 0.178 e. The minimum atomic E-state index is -0.714. The molecule has 0 amide bonds. The SMILES string of the molecule is CCOCCN(CCOCC)Cc1cc2ccccc2c2c1OC(c1ccccc1)(c1ccccc1)C=C2. The molecule has 0 radical (unpaired) electrons. The summed E-state index contributed by atoms with van der Waals surface area (Å²) in [6, 6.07) is 31.9. The van der Waals surface area contributed by atoms with Crippen LogP contribution in [0.4, 0.5) is 0 Å². The van der Waals surface area contributed by atoms with Crippen LogP contribution in [0.3, 0.4) is 0 Å². The van der Waals surface area contributed by atoms with Crippen LogP contribution in [0, 0.1) is 0 Å². The third-order valence-corrected chi connectivity index (χ3v) is 7.18. The van der Waals surface area contributed by atoms with Gasteiger partial charge in [-0.1, -0.05) is 84.9 Å². The van der Waals surface area contributed by atoms with Gasteiger partial charge in [-0.3, -0.25) is 4.90 Å². The number of rotatable bonds is 12. The average Bonchev–Trinajstić information content (AvgIpc) is 2.98. The summed E-state index contributed by atoms with van der Waals surface area (Å²) in [5.74, 6) is 0.941. The summed E-state index contributed by atoms with van der Waals surface area (Å²) in [5, 5.41) is 2.42. The Kier molecular flexibility index (Phi) is 8.54. The molecule has 0 N–H and O–H groups in total. The van der Waals surface area contributed by atoms with Gasteiger partial charge in [-0.15, -0.1) is 0 Å². The maximum absolute atomic E-state index is 7.21. The van der Waals surface area contributed by atoms with Gasteiger partial charge in [-0.05, 0) is 42.8 Å². The molecule has 1 aliphatic heterocycles. The van der Waals surface area contributed by atoms with E-state index in [1.807, 2.05) is 13.8 Å². The van der Waals surface area contributed by atoms with Gasteiger partial charge in [0.05, 0.1) is 13.2 Å². The highest BCUT2D eigenvalue weighted by molar-refractivity contribution is 5.95. The molecule has 0 aromatic heterocycles. The van der Waals surface area contributed by atoms with Crippen LogP contribution < -0.4 is 4.74 Å². The number of nitrogens with zero attached hydrogens (tertiary/aromatic N) is 1. The van der Waals surface area contributed by atoms with Gasteiger partial charge in [0.1, 0.15) is 5.75 Å². The number of hydrogen-bond acceptors (Lipinski definition) is 4. The summed E-state index contributed by atoms with van der Waals surface area (Å²) in [7, 11) is 0. The quantitative estimate of drug-likeness (QED) is 0.192. The van der Waals surface area contributed by atoms with Crippen LogP contribution in [-0.4, -0.2) is 44.4 Å². The summed E-state index contributed by atoms with van der Waals surface area (Å²) < 4.78 is 18.6. The topological polar surface area (TPSA) is 30.9 Å². The van der Waals surface area contributed by atoms with Gasteiger partial charge in [0.25, 0.3) is 0 Å². The second-order valence-corrected chi connectivity index (χ2v) is 9.57. The van der Waals surface area contributed by atoms with Gasteiger partial charge < -0.3 is 14.2 Å². The van der Waals surface area contributed by atoms with Crippen LogP contribution in [0.15, 0.2) is 97.1 Å². The molecule has 196 valence electrons. The van der Waals surface area contributed by atoms with Crippen molar-refractivity contribution >= 4 is 16.8 Å². The minimum Gasteiger partial charge on any atom is -0.473 e. The molecule has 0 atom stereocenters. The third kappa shape index (κ3) is 5.53. The number of ether oxygens (including phenoxy) is 3. The Hall–Kier alpha value is -3.44. The molecule has 0 aliphatic carbocycles. The van der Waals surface area contributed by atoms with Crippen molar-refractivity contribution in [2.75, 3.05) is 39.5 Å². The minimum absolute atomic E-state index is 0.692. The van der Waals surface area contributed by atoms with E-state index < -0.39 is 5.60 Å². The normalized spacial score (nSPS) is 14.0. The van der Waals surface area contributed by atoms with E-state index in [0.717, 1.165) is 55.3 Å². The van der Waals surface area contributed by atoms with E-state index in [4.69, 9.17) is 14.2 Å². The van der Waals surface area contributed by atoms with Crippen molar-refractivity contribution in [1.82, 2.24) is 4.90 Å². The first kappa shape index (κ1) is 26.2. The Morgan fingerprint density at radius 2 is 1.32 bits per heavy atom. The zero-order valence-corrected chi connectivity index (χ0v) is 22.4. The monoisotopic (exact) mass is 507 g/mol. The molecule has 0 bridgehead atoms. The van der Waals surface area contributed by atoms with Gasteiger partial charge in [0, 0.05) is 55.1 Å². The zero-order valence-electron chi connectivity index (χ0n) is 22.4. The number of benzene rings is 4. The summed E-state index contributed by atoms with van der Waals surface area (Å²) in [4.78, 5) is 2.41. The number of hydrogen-bond donors (Lipinski definition) is 0. The molecule has 0 unspecified atom stereocenters. The Labute approximate surface area is 226 Å². The Morgan fingerprint density at radius 3 is 1.92 bits per heavy atom. The summed E-state index contributed by atoms with van der Waals surface area (Å²) in [6.45, 7) is 9.32. The molecular weight excluding hydrogens is 470 g/mol. The largest absolute Gasteiger partial charge is 0.473 e. The lowest BCUT2D eigenvalue weighted by molar-refractivity contribution is 0.0785. The van der Waals surface area contributed by atoms with Crippen LogP contribution >= 0.6 is 0 Å². The highest BCUT2D eigenvalue weighted by atomic mass is 16.5. The third-order valence-electron chi connectivity index (χ3n) is 7.18. The molecule has 1 heterocycles. The van der Waals surface area contributed by atoms with E-state index in [1.54, 1.807) is 0 Å². The molecule has 4 heteroatoms. The zero-order chi connectivity index (χ0) is 26.2. The molecule has 5 rings (SSSR count). The first-order valence-corrected chi connectivity index (χ1v) is 13.7. The van der Waals surface area contributed by atoms with Crippen molar-refractivity contribution < 1.29 is 14.2 Å². The van der Waals surface area contributed by atoms with E-state index in [1.165, 1.54) is 16.3 Å². The van der Waals surface area contributed by atoms with Crippen molar-refractivity contribution in [2.24, 2.45) is 0 Å². The molecule has 0 fully saturated rings. The predicted octanol–water partition coefficient (Wildman–Crippen LogP) is 7.06. The van der Waals surface area contributed by atoms with E-state index in [-0.39, 0.29) is 0 Å². The Morgan fingerprint density at radius 1 is 0.737 bits per heavy atom. The van der Waals surface area contributed by atoms with Crippen LogP contribution in [-0.2, 0) is 21.6 Å². The lowest BCUT2D eigenvalue weighted by Gasteiger charge is -2.38. The van der Waals surface area contributed by atoms with Gasteiger partial charge in [-0.2, -0.15) is 0 Å². The molecule has 0 spiro atoms. The summed E-state index contributed by atoms with van der Waals surface area (Å²) >= 11 is 0. The molecule has 0 saturated heterocycles. The highest BCUT2D eigenvalue weighted by Crippen LogP contribution is 2.46. The standard InChI is InChI=1S/C34H37NO3/c1-3-36-23-21-35(22-24-37-4-2)26-28-25-27-13-11-12-18-31(27)32-19-20-34(38-33(28)32,29-14-7-5-8-15-29)30-16-9-6-10-17-30/h5-20,25H,3-4,21-24,26H2,1-2H3. The summed E-state index contributed by atoms with van der Waals surface area (Å²) in [5.41, 5.74) is 3.81. The maximum atomic E-state index is 7.21. The fourth-order valence-electron chi connectivity index (χ4n) is 5.25. The van der Waals surface area contributed by atoms with Crippen LogP contribution in [0.5, 0.6) is 5.75 Å². The predicted molar refractivity (Wildman–Crippen MR) is 156 cm³/mol. The first-order valence-electron chi connectivity index (χ1n) is 13.7. The second-order valence-electron chi connectivity index (χ2n) is 9.57. The fourth-order valence-corrected chi connectivity index (χ4v) is 5.25. The van der Waals surface area contributed by atoms with E-state index in [2.05, 4.69) is 108 Å². The van der Waals surface area contributed by atoms with Crippen molar-refractivity contribution in [3.8, 4) is 5.75 Å². The molecule has 0 saturated carbocycles. The van der Waals surface area contributed by atoms with Crippen LogP contribution in [0.1, 0.15) is 36.1 Å². The van der Waals surface area contributed by atoms with Gasteiger partial charge in [-0.25, -0.2) is 0 Å². The van der Waals surface area contributed by atoms with Crippen molar-refractivity contribution in [1.29, 1.82) is 0 Å². The van der Waals surface area contributed by atoms with Crippen LogP contribution in [0.25, 0.3) is 16.8 Å². The Bertz CT molecular complexity index is 1300. The van der Waals surface area contributed by atoms with Gasteiger partial charge >= 0.3 is 0 Å².